The van der Waals surface area contributed by atoms with Crippen LogP contribution in [0.5, 0.6) is 0 Å². The highest BCUT2D eigenvalue weighted by Gasteiger charge is 2.17. The Morgan fingerprint density at radius 1 is 1.46 bits per heavy atom. The van der Waals surface area contributed by atoms with Crippen LogP contribution in [0.1, 0.15) is 17.7 Å². The molecule has 0 fully saturated rings. The molecule has 2 aromatic rings. The van der Waals surface area contributed by atoms with Gasteiger partial charge in [0.2, 0.25) is 0 Å². The molecule has 0 unspecified atom stereocenters. The molecule has 1 aliphatic carbocycles. The van der Waals surface area contributed by atoms with E-state index in [0.29, 0.717) is 0 Å². The molecule has 0 bridgehead atoms. The van der Waals surface area contributed by atoms with Crippen molar-refractivity contribution in [3.63, 3.8) is 0 Å². The van der Waals surface area contributed by atoms with Crippen LogP contribution in [-0.2, 0) is 12.8 Å². The Morgan fingerprint density at radius 2 is 2.38 bits per heavy atom. The highest BCUT2D eigenvalue weighted by atomic mass is 32.1. The molecule has 2 heterocycles. The maximum absolute atomic E-state index is 11.8. The third-order valence-electron chi connectivity index (χ3n) is 2.49. The van der Waals surface area contributed by atoms with Crippen LogP contribution < -0.4 is 5.56 Å². The van der Waals surface area contributed by atoms with Gasteiger partial charge < -0.3 is 0 Å². The second kappa shape index (κ2) is 2.42. The van der Waals surface area contributed by atoms with E-state index in [2.05, 4.69) is 4.98 Å². The zero-order valence-electron chi connectivity index (χ0n) is 6.99. The predicted octanol–water partition coefficient (Wildman–Crippen LogP) is 1.24. The Morgan fingerprint density at radius 3 is 3.31 bits per heavy atom. The lowest BCUT2D eigenvalue weighted by atomic mass is 10.3. The van der Waals surface area contributed by atoms with Gasteiger partial charge in [-0.3, -0.25) is 9.20 Å². The summed E-state index contributed by atoms with van der Waals surface area (Å²) in [6.07, 6.45) is 4.75. The summed E-state index contributed by atoms with van der Waals surface area (Å²) in [5.74, 6) is 0. The molecular weight excluding hydrogens is 184 g/mol. The lowest BCUT2D eigenvalue weighted by Crippen LogP contribution is -2.17. The normalized spacial score (nSPS) is 15.1. The van der Waals surface area contributed by atoms with Crippen molar-refractivity contribution >= 4 is 16.3 Å². The first-order chi connectivity index (χ1) is 6.36. The van der Waals surface area contributed by atoms with E-state index in [1.807, 2.05) is 5.38 Å². The molecule has 1 aliphatic rings. The fraction of sp³-hybridized carbons (Fsp3) is 0.333. The molecule has 3 rings (SSSR count). The van der Waals surface area contributed by atoms with Gasteiger partial charge in [-0.1, -0.05) is 0 Å². The molecule has 0 amide bonds. The first kappa shape index (κ1) is 7.26. The molecule has 4 heteroatoms. The van der Waals surface area contributed by atoms with Crippen LogP contribution in [0.3, 0.4) is 0 Å². The zero-order chi connectivity index (χ0) is 8.84. The summed E-state index contributed by atoms with van der Waals surface area (Å²) in [6.45, 7) is 0. The fourth-order valence-corrected chi connectivity index (χ4v) is 2.57. The van der Waals surface area contributed by atoms with E-state index < -0.39 is 0 Å². The summed E-state index contributed by atoms with van der Waals surface area (Å²) in [4.78, 5) is 17.1. The lowest BCUT2D eigenvalue weighted by molar-refractivity contribution is 0.899. The van der Waals surface area contributed by atoms with Gasteiger partial charge in [-0.05, 0) is 19.3 Å². The smallest absolute Gasteiger partial charge is 0.261 e. The predicted molar refractivity (Wildman–Crippen MR) is 51.4 cm³/mol. The molecule has 0 spiro atoms. The highest BCUT2D eigenvalue weighted by molar-refractivity contribution is 7.15. The minimum Gasteiger partial charge on any atom is -0.269 e. The Hall–Kier alpha value is -1.16. The molecule has 0 saturated heterocycles. The van der Waals surface area contributed by atoms with Gasteiger partial charge in [0.15, 0.2) is 4.96 Å². The minimum atomic E-state index is 0.138. The average molecular weight is 192 g/mol. The third-order valence-corrected chi connectivity index (χ3v) is 3.24. The van der Waals surface area contributed by atoms with E-state index in [1.165, 1.54) is 11.3 Å². The molecule has 0 aromatic carbocycles. The molecule has 0 radical (unpaired) electrons. The van der Waals surface area contributed by atoms with Crippen LogP contribution in [0.15, 0.2) is 16.4 Å². The van der Waals surface area contributed by atoms with Crippen molar-refractivity contribution in [1.82, 2.24) is 9.38 Å². The second-order valence-electron chi connectivity index (χ2n) is 3.25. The summed E-state index contributed by atoms with van der Waals surface area (Å²) < 4.78 is 1.65. The average Bonchev–Trinajstić information content (AvgIpc) is 2.71. The molecule has 13 heavy (non-hydrogen) atoms. The Kier molecular flexibility index (Phi) is 1.35. The van der Waals surface area contributed by atoms with Gasteiger partial charge in [-0.15, -0.1) is 11.3 Å². The van der Waals surface area contributed by atoms with Gasteiger partial charge in [0, 0.05) is 17.1 Å². The van der Waals surface area contributed by atoms with Crippen LogP contribution in [0.2, 0.25) is 0 Å². The van der Waals surface area contributed by atoms with Gasteiger partial charge in [-0.25, -0.2) is 4.98 Å². The number of rotatable bonds is 0. The van der Waals surface area contributed by atoms with Crippen molar-refractivity contribution in [2.45, 2.75) is 19.3 Å². The number of nitrogens with zero attached hydrogens (tertiary/aromatic N) is 2. The molecule has 66 valence electrons. The van der Waals surface area contributed by atoms with Gasteiger partial charge in [0.05, 0.1) is 5.69 Å². The summed E-state index contributed by atoms with van der Waals surface area (Å²) in [5, 5.41) is 1.90. The maximum Gasteiger partial charge on any atom is 0.261 e. The summed E-state index contributed by atoms with van der Waals surface area (Å²) in [5.41, 5.74) is 2.09. The number of aromatic nitrogens is 2. The van der Waals surface area contributed by atoms with Crippen LogP contribution in [0, 0.1) is 0 Å². The van der Waals surface area contributed by atoms with Gasteiger partial charge in [-0.2, -0.15) is 0 Å². The molecular formula is C9H8N2OS. The summed E-state index contributed by atoms with van der Waals surface area (Å²) in [6, 6.07) is 0. The van der Waals surface area contributed by atoms with Crippen molar-refractivity contribution in [1.29, 1.82) is 0 Å². The van der Waals surface area contributed by atoms with E-state index in [4.69, 9.17) is 0 Å². The first-order valence-corrected chi connectivity index (χ1v) is 5.22. The Balaban J connectivity index is 2.53. The molecule has 0 atom stereocenters. The Labute approximate surface area is 78.7 Å². The van der Waals surface area contributed by atoms with Gasteiger partial charge in [0.1, 0.15) is 0 Å². The molecule has 0 aliphatic heterocycles. The molecule has 0 saturated carbocycles. The van der Waals surface area contributed by atoms with Crippen molar-refractivity contribution in [2.24, 2.45) is 0 Å². The van der Waals surface area contributed by atoms with Gasteiger partial charge >= 0.3 is 0 Å². The third kappa shape index (κ3) is 0.891. The van der Waals surface area contributed by atoms with E-state index >= 15 is 0 Å². The first-order valence-electron chi connectivity index (χ1n) is 4.34. The lowest BCUT2D eigenvalue weighted by Gasteiger charge is -1.97. The second-order valence-corrected chi connectivity index (χ2v) is 4.12. The number of thiazole rings is 1. The van der Waals surface area contributed by atoms with E-state index in [9.17, 15) is 4.79 Å². The van der Waals surface area contributed by atoms with Crippen LogP contribution in [0.4, 0.5) is 0 Å². The highest BCUT2D eigenvalue weighted by Crippen LogP contribution is 2.18. The van der Waals surface area contributed by atoms with Crippen molar-refractivity contribution in [2.75, 3.05) is 0 Å². The van der Waals surface area contributed by atoms with E-state index in [-0.39, 0.29) is 5.56 Å². The van der Waals surface area contributed by atoms with Crippen LogP contribution in [-0.4, -0.2) is 9.38 Å². The summed E-state index contributed by atoms with van der Waals surface area (Å²) >= 11 is 1.52. The van der Waals surface area contributed by atoms with Crippen LogP contribution >= 0.6 is 11.3 Å². The standard InChI is InChI=1S/C9H8N2OS/c12-8-6-2-1-3-7(6)10-9-11(8)4-5-13-9/h4-5H,1-3H2. The number of fused-ring (bicyclic) bond motifs is 2. The minimum absolute atomic E-state index is 0.138. The Bertz CT molecular complexity index is 526. The number of aryl methyl sites for hydroxylation is 1. The van der Waals surface area contributed by atoms with Gasteiger partial charge in [0.25, 0.3) is 5.56 Å². The van der Waals surface area contributed by atoms with Crippen molar-refractivity contribution in [3.8, 4) is 0 Å². The largest absolute Gasteiger partial charge is 0.269 e. The van der Waals surface area contributed by atoms with Crippen molar-refractivity contribution in [3.05, 3.63) is 33.2 Å². The molecule has 0 N–H and O–H groups in total. The van der Waals surface area contributed by atoms with Crippen LogP contribution in [0.25, 0.3) is 4.96 Å². The quantitative estimate of drug-likeness (QED) is 0.629. The molecule has 2 aromatic heterocycles. The monoisotopic (exact) mass is 192 g/mol. The molecule has 3 nitrogen and oxygen atoms in total. The van der Waals surface area contributed by atoms with E-state index in [0.717, 1.165) is 35.5 Å². The fourth-order valence-electron chi connectivity index (χ4n) is 1.85. The topological polar surface area (TPSA) is 34.4 Å². The van der Waals surface area contributed by atoms with Crippen molar-refractivity contribution < 1.29 is 0 Å². The SMILES string of the molecule is O=c1c2c(nc3sccn13)CCC2. The maximum atomic E-state index is 11.8. The van der Waals surface area contributed by atoms with E-state index in [1.54, 1.807) is 10.6 Å². The number of hydrogen-bond donors (Lipinski definition) is 0. The number of hydrogen-bond acceptors (Lipinski definition) is 3. The summed E-state index contributed by atoms with van der Waals surface area (Å²) in [7, 11) is 0. The zero-order valence-corrected chi connectivity index (χ0v) is 7.80.